The van der Waals surface area contributed by atoms with E-state index in [-0.39, 0.29) is 6.61 Å². The second-order valence-corrected chi connectivity index (χ2v) is 6.50. The molecule has 0 bridgehead atoms. The Morgan fingerprint density at radius 2 is 2.18 bits per heavy atom. The van der Waals surface area contributed by atoms with E-state index in [4.69, 9.17) is 5.11 Å². The van der Waals surface area contributed by atoms with Crippen LogP contribution in [-0.2, 0) is 13.1 Å². The highest BCUT2D eigenvalue weighted by atomic mass is 32.1. The molecule has 1 N–H and O–H groups in total. The summed E-state index contributed by atoms with van der Waals surface area (Å²) in [6.45, 7) is 6.98. The first kappa shape index (κ1) is 16.8. The standard InChI is InChI=1S/C17H23N3OS/c1-14-10-15(2)20(18-14)8-5-7-19(3)12-17-11-16(13-22-17)6-4-9-21/h10-11,13,21H,5,7-9,12H2,1-3H3. The van der Waals surface area contributed by atoms with Crippen molar-refractivity contribution in [1.82, 2.24) is 14.7 Å². The number of nitrogens with zero attached hydrogens (tertiary/aromatic N) is 3. The molecule has 0 amide bonds. The average Bonchev–Trinajstić information content (AvgIpc) is 3.03. The van der Waals surface area contributed by atoms with Gasteiger partial charge in [0.25, 0.3) is 0 Å². The lowest BCUT2D eigenvalue weighted by Gasteiger charge is -2.15. The molecule has 0 spiro atoms. The van der Waals surface area contributed by atoms with Gasteiger partial charge in [-0.1, -0.05) is 11.8 Å². The van der Waals surface area contributed by atoms with Crippen LogP contribution in [0.2, 0.25) is 0 Å². The van der Waals surface area contributed by atoms with Crippen LogP contribution >= 0.6 is 11.3 Å². The fourth-order valence-electron chi connectivity index (χ4n) is 2.41. The molecule has 2 aromatic rings. The van der Waals surface area contributed by atoms with Gasteiger partial charge in [-0.3, -0.25) is 4.68 Å². The van der Waals surface area contributed by atoms with E-state index in [2.05, 4.69) is 52.6 Å². The third-order valence-electron chi connectivity index (χ3n) is 3.40. The molecule has 4 nitrogen and oxygen atoms in total. The second-order valence-electron chi connectivity index (χ2n) is 5.50. The van der Waals surface area contributed by atoms with Crippen LogP contribution in [0.25, 0.3) is 0 Å². The molecule has 5 heteroatoms. The minimum Gasteiger partial charge on any atom is -0.384 e. The molecule has 0 aliphatic rings. The topological polar surface area (TPSA) is 41.3 Å². The number of aryl methyl sites for hydroxylation is 3. The minimum absolute atomic E-state index is 0.0859. The summed E-state index contributed by atoms with van der Waals surface area (Å²) in [6, 6.07) is 4.22. The van der Waals surface area contributed by atoms with E-state index in [1.165, 1.54) is 10.6 Å². The van der Waals surface area contributed by atoms with Crippen molar-refractivity contribution in [1.29, 1.82) is 0 Å². The van der Waals surface area contributed by atoms with Crippen LogP contribution in [0.4, 0.5) is 0 Å². The first-order valence-corrected chi connectivity index (χ1v) is 8.33. The molecule has 0 saturated heterocycles. The normalized spacial score (nSPS) is 10.8. The zero-order valence-electron chi connectivity index (χ0n) is 13.5. The summed E-state index contributed by atoms with van der Waals surface area (Å²) in [6.07, 6.45) is 1.08. The van der Waals surface area contributed by atoms with Gasteiger partial charge in [0, 0.05) is 34.6 Å². The molecule has 2 rings (SSSR count). The molecule has 118 valence electrons. The van der Waals surface area contributed by atoms with Crippen LogP contribution in [0.3, 0.4) is 0 Å². The van der Waals surface area contributed by atoms with E-state index >= 15 is 0 Å². The lowest BCUT2D eigenvalue weighted by atomic mass is 10.3. The minimum atomic E-state index is -0.0859. The number of thiophene rings is 1. The lowest BCUT2D eigenvalue weighted by Crippen LogP contribution is -2.20. The van der Waals surface area contributed by atoms with Crippen LogP contribution in [-0.4, -0.2) is 40.0 Å². The Kier molecular flexibility index (Phi) is 6.20. The first-order valence-electron chi connectivity index (χ1n) is 7.45. The van der Waals surface area contributed by atoms with Crippen LogP contribution in [0.1, 0.15) is 28.2 Å². The third-order valence-corrected chi connectivity index (χ3v) is 4.33. The number of aliphatic hydroxyl groups excluding tert-OH is 1. The maximum Gasteiger partial charge on any atom is 0.104 e. The zero-order valence-corrected chi connectivity index (χ0v) is 14.3. The lowest BCUT2D eigenvalue weighted by molar-refractivity contribution is 0.313. The predicted molar refractivity (Wildman–Crippen MR) is 90.9 cm³/mol. The van der Waals surface area contributed by atoms with Crippen LogP contribution in [0.15, 0.2) is 17.5 Å². The molecule has 0 unspecified atom stereocenters. The van der Waals surface area contributed by atoms with Gasteiger partial charge in [0.1, 0.15) is 6.61 Å². The summed E-state index contributed by atoms with van der Waals surface area (Å²) in [5.74, 6) is 5.62. The number of hydrogen-bond donors (Lipinski definition) is 1. The predicted octanol–water partition coefficient (Wildman–Crippen LogP) is 2.43. The van der Waals surface area contributed by atoms with Crippen molar-refractivity contribution in [2.75, 3.05) is 20.2 Å². The summed E-state index contributed by atoms with van der Waals surface area (Å²) < 4.78 is 2.08. The van der Waals surface area contributed by atoms with Gasteiger partial charge in [-0.05, 0) is 46.0 Å². The SMILES string of the molecule is Cc1cc(C)n(CCCN(C)Cc2cc(C#CCO)cs2)n1. The quantitative estimate of drug-likeness (QED) is 0.832. The second kappa shape index (κ2) is 8.14. The largest absolute Gasteiger partial charge is 0.384 e. The fourth-order valence-corrected chi connectivity index (χ4v) is 3.30. The maximum absolute atomic E-state index is 8.71. The van der Waals surface area contributed by atoms with Crippen LogP contribution in [0.5, 0.6) is 0 Å². The summed E-state index contributed by atoms with van der Waals surface area (Å²) in [5.41, 5.74) is 3.30. The number of rotatable bonds is 6. The van der Waals surface area contributed by atoms with E-state index in [9.17, 15) is 0 Å². The van der Waals surface area contributed by atoms with Crippen molar-refractivity contribution in [2.24, 2.45) is 0 Å². The molecular weight excluding hydrogens is 294 g/mol. The molecule has 0 aromatic carbocycles. The third kappa shape index (κ3) is 4.99. The van der Waals surface area contributed by atoms with E-state index in [1.807, 2.05) is 12.3 Å². The summed E-state index contributed by atoms with van der Waals surface area (Å²) in [4.78, 5) is 3.62. The van der Waals surface area contributed by atoms with Crippen molar-refractivity contribution in [3.63, 3.8) is 0 Å². The Labute approximate surface area is 136 Å². The van der Waals surface area contributed by atoms with Gasteiger partial charge in [-0.25, -0.2) is 0 Å². The first-order chi connectivity index (χ1) is 10.6. The fraction of sp³-hybridized carbons (Fsp3) is 0.471. The van der Waals surface area contributed by atoms with Gasteiger partial charge in [0.15, 0.2) is 0 Å². The van der Waals surface area contributed by atoms with E-state index in [0.717, 1.165) is 37.3 Å². The number of hydrogen-bond acceptors (Lipinski definition) is 4. The van der Waals surface area contributed by atoms with Crippen molar-refractivity contribution < 1.29 is 5.11 Å². The monoisotopic (exact) mass is 317 g/mol. The molecule has 0 radical (unpaired) electrons. The molecule has 0 aliphatic carbocycles. The molecule has 0 saturated carbocycles. The highest BCUT2D eigenvalue weighted by Gasteiger charge is 2.05. The Bertz CT molecular complexity index is 663. The Morgan fingerprint density at radius 1 is 1.36 bits per heavy atom. The van der Waals surface area contributed by atoms with Gasteiger partial charge in [-0.15, -0.1) is 11.3 Å². The zero-order chi connectivity index (χ0) is 15.9. The average molecular weight is 317 g/mol. The smallest absolute Gasteiger partial charge is 0.104 e. The highest BCUT2D eigenvalue weighted by molar-refractivity contribution is 7.10. The maximum atomic E-state index is 8.71. The van der Waals surface area contributed by atoms with E-state index in [0.29, 0.717) is 0 Å². The van der Waals surface area contributed by atoms with Crippen molar-refractivity contribution >= 4 is 11.3 Å². The summed E-state index contributed by atoms with van der Waals surface area (Å²) >= 11 is 1.72. The van der Waals surface area contributed by atoms with Crippen LogP contribution < -0.4 is 0 Å². The van der Waals surface area contributed by atoms with Gasteiger partial charge < -0.3 is 10.0 Å². The molecule has 0 atom stereocenters. The molecule has 2 aromatic heterocycles. The van der Waals surface area contributed by atoms with Gasteiger partial charge in [-0.2, -0.15) is 5.10 Å². The molecule has 22 heavy (non-hydrogen) atoms. The molecule has 0 aliphatic heterocycles. The van der Waals surface area contributed by atoms with Gasteiger partial charge >= 0.3 is 0 Å². The molecular formula is C17H23N3OS. The van der Waals surface area contributed by atoms with Crippen molar-refractivity contribution in [2.45, 2.75) is 33.4 Å². The van der Waals surface area contributed by atoms with Crippen LogP contribution in [0, 0.1) is 25.7 Å². The highest BCUT2D eigenvalue weighted by Crippen LogP contribution is 2.15. The van der Waals surface area contributed by atoms with E-state index < -0.39 is 0 Å². The number of aromatic nitrogens is 2. The summed E-state index contributed by atoms with van der Waals surface area (Å²) in [7, 11) is 2.14. The molecule has 0 fully saturated rings. The molecule has 2 heterocycles. The van der Waals surface area contributed by atoms with Gasteiger partial charge in [0.2, 0.25) is 0 Å². The van der Waals surface area contributed by atoms with Crippen molar-refractivity contribution in [3.8, 4) is 11.8 Å². The Hall–Kier alpha value is -1.61. The van der Waals surface area contributed by atoms with Crippen molar-refractivity contribution in [3.05, 3.63) is 39.3 Å². The van der Waals surface area contributed by atoms with E-state index in [1.54, 1.807) is 11.3 Å². The van der Waals surface area contributed by atoms with Gasteiger partial charge in [0.05, 0.1) is 5.69 Å². The Morgan fingerprint density at radius 3 is 2.86 bits per heavy atom. The number of aliphatic hydroxyl groups is 1. The Balaban J connectivity index is 1.77. The summed E-state index contributed by atoms with van der Waals surface area (Å²) in [5, 5.41) is 15.2.